The number of rotatable bonds is 10. The molecule has 0 radical (unpaired) electrons. The molecule has 0 saturated heterocycles. The molecule has 0 aliphatic carbocycles. The highest BCUT2D eigenvalue weighted by Gasteiger charge is 2.23. The molecule has 0 bridgehead atoms. The van der Waals surface area contributed by atoms with Crippen LogP contribution in [0.2, 0.25) is 0 Å². The smallest absolute Gasteiger partial charge is 0.408 e. The Morgan fingerprint density at radius 1 is 1.00 bits per heavy atom. The third kappa shape index (κ3) is 7.28. The number of esters is 1. The number of amides is 1. The molecule has 2 aromatic rings. The summed E-state index contributed by atoms with van der Waals surface area (Å²) in [6.45, 7) is 2.17. The average Bonchev–Trinajstić information content (AvgIpc) is 2.73. The lowest BCUT2D eigenvalue weighted by Crippen LogP contribution is -2.43. The third-order valence-corrected chi connectivity index (χ3v) is 3.86. The Morgan fingerprint density at radius 2 is 1.71 bits per heavy atom. The first-order valence-corrected chi connectivity index (χ1v) is 9.08. The lowest BCUT2D eigenvalue weighted by Gasteiger charge is -2.17. The summed E-state index contributed by atoms with van der Waals surface area (Å²) >= 11 is 0. The molecular formula is C21H25NO6. The lowest BCUT2D eigenvalue weighted by molar-refractivity contribution is -0.145. The van der Waals surface area contributed by atoms with Gasteiger partial charge < -0.3 is 24.6 Å². The fraction of sp³-hybridized carbons (Fsp3) is 0.333. The molecule has 0 aliphatic rings. The molecule has 0 unspecified atom stereocenters. The minimum Gasteiger partial charge on any atom is -0.494 e. The highest BCUT2D eigenvalue weighted by atomic mass is 16.6. The van der Waals surface area contributed by atoms with Crippen LogP contribution in [-0.4, -0.2) is 36.4 Å². The Balaban J connectivity index is 1.84. The molecule has 0 heterocycles. The fourth-order valence-corrected chi connectivity index (χ4v) is 2.38. The maximum Gasteiger partial charge on any atom is 0.408 e. The number of aliphatic hydroxyl groups is 1. The first kappa shape index (κ1) is 21.2. The van der Waals surface area contributed by atoms with E-state index in [-0.39, 0.29) is 32.8 Å². The number of benzene rings is 2. The zero-order valence-electron chi connectivity index (χ0n) is 15.8. The number of aliphatic hydroxyl groups excluding tert-OH is 1. The third-order valence-electron chi connectivity index (χ3n) is 3.86. The van der Waals surface area contributed by atoms with Crippen molar-refractivity contribution in [2.75, 3.05) is 13.2 Å². The fourth-order valence-electron chi connectivity index (χ4n) is 2.38. The van der Waals surface area contributed by atoms with Gasteiger partial charge in [-0.25, -0.2) is 9.59 Å². The van der Waals surface area contributed by atoms with Crippen LogP contribution in [-0.2, 0) is 27.5 Å². The number of alkyl carbamates (subject to hydrolysis) is 1. The minimum absolute atomic E-state index is 0.0414. The molecule has 0 aromatic heterocycles. The standard InChI is InChI=1S/C21H25NO6/c1-2-26-20(24)19(12-13-27-18-10-8-16(14-23)9-11-18)22-21(25)28-15-17-6-4-3-5-7-17/h3-11,19,23H,2,12-15H2,1H3,(H,22,25)/t19-/m0/s1. The van der Waals surface area contributed by atoms with Crippen molar-refractivity contribution in [1.82, 2.24) is 5.32 Å². The van der Waals surface area contributed by atoms with Crippen molar-refractivity contribution in [2.24, 2.45) is 0 Å². The second-order valence-corrected chi connectivity index (χ2v) is 5.95. The molecule has 1 amide bonds. The van der Waals surface area contributed by atoms with Gasteiger partial charge in [0.05, 0.1) is 19.8 Å². The number of ether oxygens (including phenoxy) is 3. The van der Waals surface area contributed by atoms with Gasteiger partial charge in [0.1, 0.15) is 18.4 Å². The number of nitrogens with one attached hydrogen (secondary N) is 1. The van der Waals surface area contributed by atoms with Gasteiger partial charge in [-0.2, -0.15) is 0 Å². The molecule has 2 N–H and O–H groups in total. The van der Waals surface area contributed by atoms with Crippen LogP contribution in [0.4, 0.5) is 4.79 Å². The minimum atomic E-state index is -0.875. The van der Waals surface area contributed by atoms with Gasteiger partial charge in [0.2, 0.25) is 0 Å². The van der Waals surface area contributed by atoms with E-state index in [4.69, 9.17) is 19.3 Å². The van der Waals surface area contributed by atoms with Crippen molar-refractivity contribution in [2.45, 2.75) is 32.6 Å². The maximum absolute atomic E-state index is 12.1. The van der Waals surface area contributed by atoms with Crippen LogP contribution in [0.25, 0.3) is 0 Å². The second-order valence-electron chi connectivity index (χ2n) is 5.95. The van der Waals surface area contributed by atoms with Gasteiger partial charge in [-0.15, -0.1) is 0 Å². The van der Waals surface area contributed by atoms with E-state index in [1.807, 2.05) is 30.3 Å². The molecule has 2 rings (SSSR count). The molecule has 28 heavy (non-hydrogen) atoms. The number of hydrogen-bond acceptors (Lipinski definition) is 6. The molecule has 0 spiro atoms. The first-order chi connectivity index (χ1) is 13.6. The summed E-state index contributed by atoms with van der Waals surface area (Å²) in [7, 11) is 0. The molecule has 0 fully saturated rings. The summed E-state index contributed by atoms with van der Waals surface area (Å²) < 4.78 is 15.8. The zero-order valence-corrected chi connectivity index (χ0v) is 15.8. The molecule has 7 heteroatoms. The van der Waals surface area contributed by atoms with E-state index in [2.05, 4.69) is 5.32 Å². The lowest BCUT2D eigenvalue weighted by atomic mass is 10.2. The summed E-state index contributed by atoms with van der Waals surface area (Å²) in [4.78, 5) is 24.1. The van der Waals surface area contributed by atoms with E-state index >= 15 is 0 Å². The predicted octanol–water partition coefficient (Wildman–Crippen LogP) is 2.81. The Bertz CT molecular complexity index is 732. The van der Waals surface area contributed by atoms with Crippen LogP contribution >= 0.6 is 0 Å². The Kier molecular flexibility index (Phi) is 8.81. The van der Waals surface area contributed by atoms with Crippen LogP contribution < -0.4 is 10.1 Å². The van der Waals surface area contributed by atoms with Gasteiger partial charge in [-0.05, 0) is 30.2 Å². The summed E-state index contributed by atoms with van der Waals surface area (Å²) in [5.41, 5.74) is 1.62. The summed E-state index contributed by atoms with van der Waals surface area (Å²) in [5.74, 6) is 0.0600. The van der Waals surface area contributed by atoms with Crippen molar-refractivity contribution in [3.05, 3.63) is 65.7 Å². The van der Waals surface area contributed by atoms with Gasteiger partial charge in [-0.1, -0.05) is 42.5 Å². The SMILES string of the molecule is CCOC(=O)[C@H](CCOc1ccc(CO)cc1)NC(=O)OCc1ccccc1. The predicted molar refractivity (Wildman–Crippen MR) is 103 cm³/mol. The van der Waals surface area contributed by atoms with Crippen molar-refractivity contribution < 1.29 is 28.9 Å². The van der Waals surface area contributed by atoms with E-state index in [1.54, 1.807) is 31.2 Å². The van der Waals surface area contributed by atoms with E-state index in [9.17, 15) is 9.59 Å². The Labute approximate surface area is 164 Å². The van der Waals surface area contributed by atoms with E-state index < -0.39 is 18.1 Å². The van der Waals surface area contributed by atoms with Gasteiger partial charge in [0.25, 0.3) is 0 Å². The van der Waals surface area contributed by atoms with Gasteiger partial charge in [0.15, 0.2) is 0 Å². The van der Waals surface area contributed by atoms with Gasteiger partial charge in [0, 0.05) is 6.42 Å². The van der Waals surface area contributed by atoms with Crippen LogP contribution in [0.5, 0.6) is 5.75 Å². The molecule has 0 aliphatic heterocycles. The van der Waals surface area contributed by atoms with Crippen LogP contribution in [0.15, 0.2) is 54.6 Å². The van der Waals surface area contributed by atoms with Crippen molar-refractivity contribution >= 4 is 12.1 Å². The highest BCUT2D eigenvalue weighted by molar-refractivity contribution is 5.81. The number of carbonyl (C=O) groups is 2. The summed E-state index contributed by atoms with van der Waals surface area (Å²) in [6.07, 6.45) is -0.477. The van der Waals surface area contributed by atoms with Gasteiger partial charge in [-0.3, -0.25) is 0 Å². The Hall–Kier alpha value is -3.06. The number of carbonyl (C=O) groups excluding carboxylic acids is 2. The van der Waals surface area contributed by atoms with E-state index in [1.165, 1.54) is 0 Å². The van der Waals surface area contributed by atoms with Crippen molar-refractivity contribution in [1.29, 1.82) is 0 Å². The zero-order chi connectivity index (χ0) is 20.2. The van der Waals surface area contributed by atoms with Crippen LogP contribution in [0.1, 0.15) is 24.5 Å². The summed E-state index contributed by atoms with van der Waals surface area (Å²) in [5, 5.41) is 11.6. The first-order valence-electron chi connectivity index (χ1n) is 9.08. The van der Waals surface area contributed by atoms with Crippen LogP contribution in [0, 0.1) is 0 Å². The topological polar surface area (TPSA) is 94.1 Å². The highest BCUT2D eigenvalue weighted by Crippen LogP contribution is 2.13. The molecule has 150 valence electrons. The Morgan fingerprint density at radius 3 is 2.36 bits per heavy atom. The van der Waals surface area contributed by atoms with Crippen molar-refractivity contribution in [3.8, 4) is 5.75 Å². The van der Waals surface area contributed by atoms with E-state index in [0.29, 0.717) is 5.75 Å². The average molecular weight is 387 g/mol. The van der Waals surface area contributed by atoms with Crippen LogP contribution in [0.3, 0.4) is 0 Å². The normalized spacial score (nSPS) is 11.4. The number of hydrogen-bond donors (Lipinski definition) is 2. The quantitative estimate of drug-likeness (QED) is 0.609. The largest absolute Gasteiger partial charge is 0.494 e. The molecular weight excluding hydrogens is 362 g/mol. The van der Waals surface area contributed by atoms with Crippen molar-refractivity contribution in [3.63, 3.8) is 0 Å². The summed E-state index contributed by atoms with van der Waals surface area (Å²) in [6, 6.07) is 15.3. The monoisotopic (exact) mass is 387 g/mol. The molecule has 0 saturated carbocycles. The second kappa shape index (κ2) is 11.6. The molecule has 2 aromatic carbocycles. The maximum atomic E-state index is 12.1. The van der Waals surface area contributed by atoms with Gasteiger partial charge >= 0.3 is 12.1 Å². The molecule has 7 nitrogen and oxygen atoms in total. The molecule has 1 atom stereocenters. The van der Waals surface area contributed by atoms with E-state index in [0.717, 1.165) is 11.1 Å².